The summed E-state index contributed by atoms with van der Waals surface area (Å²) in [4.78, 5) is 26.5. The summed E-state index contributed by atoms with van der Waals surface area (Å²) in [5, 5.41) is 31.2. The predicted molar refractivity (Wildman–Crippen MR) is 164 cm³/mol. The zero-order chi connectivity index (χ0) is 31.3. The van der Waals surface area contributed by atoms with Gasteiger partial charge >= 0.3 is 0 Å². The summed E-state index contributed by atoms with van der Waals surface area (Å²) in [5.74, 6) is 0.756. The fraction of sp³-hybridized carbons (Fsp3) is 0.118. The number of hydrogen-bond donors (Lipinski definition) is 3. The molecule has 0 radical (unpaired) electrons. The van der Waals surface area contributed by atoms with Crippen LogP contribution in [0.5, 0.6) is 34.5 Å². The van der Waals surface area contributed by atoms with Gasteiger partial charge in [0.05, 0.1) is 26.9 Å². The van der Waals surface area contributed by atoms with Gasteiger partial charge in [0.1, 0.15) is 62.4 Å². The van der Waals surface area contributed by atoms with Crippen molar-refractivity contribution in [3.05, 3.63) is 92.7 Å². The van der Waals surface area contributed by atoms with Gasteiger partial charge in [0.15, 0.2) is 16.4 Å². The molecule has 6 aromatic rings. The number of rotatable bonds is 6. The van der Waals surface area contributed by atoms with E-state index < -0.39 is 10.9 Å². The van der Waals surface area contributed by atoms with E-state index in [2.05, 4.69) is 0 Å². The number of hydrogen-bond acceptors (Lipinski definition) is 10. The first-order chi connectivity index (χ1) is 21.1. The van der Waals surface area contributed by atoms with E-state index in [1.807, 2.05) is 0 Å². The Labute approximate surface area is 249 Å². The second kappa shape index (κ2) is 10.7. The molecular weight excluding hydrogens is 568 g/mol. The molecule has 0 fully saturated rings. The van der Waals surface area contributed by atoms with E-state index in [4.69, 9.17) is 23.0 Å². The van der Waals surface area contributed by atoms with E-state index in [-0.39, 0.29) is 56.5 Å². The molecule has 4 aromatic carbocycles. The zero-order valence-electron chi connectivity index (χ0n) is 24.1. The number of benzene rings is 4. The van der Waals surface area contributed by atoms with E-state index in [1.54, 1.807) is 37.3 Å². The molecule has 10 nitrogen and oxygen atoms in total. The fourth-order valence-corrected chi connectivity index (χ4v) is 5.27. The van der Waals surface area contributed by atoms with E-state index in [0.717, 1.165) is 0 Å². The second-order valence-electron chi connectivity index (χ2n) is 10.0. The van der Waals surface area contributed by atoms with Crippen LogP contribution in [0.4, 0.5) is 0 Å². The van der Waals surface area contributed by atoms with Crippen molar-refractivity contribution in [1.82, 2.24) is 0 Å². The maximum Gasteiger partial charge on any atom is 0.197 e. The predicted octanol–water partition coefficient (Wildman–Crippen LogP) is 6.35. The largest absolute Gasteiger partial charge is 0.508 e. The highest BCUT2D eigenvalue weighted by molar-refractivity contribution is 6.01. The number of ether oxygens (including phenoxy) is 3. The normalized spacial score (nSPS) is 11.2. The molecular formula is C34H26O10. The van der Waals surface area contributed by atoms with Crippen LogP contribution in [0, 0.1) is 6.92 Å². The summed E-state index contributed by atoms with van der Waals surface area (Å²) in [6, 6.07) is 16.5. The molecule has 0 aliphatic heterocycles. The van der Waals surface area contributed by atoms with E-state index in [1.165, 1.54) is 57.7 Å². The van der Waals surface area contributed by atoms with Crippen LogP contribution in [0.1, 0.15) is 5.56 Å². The van der Waals surface area contributed by atoms with Gasteiger partial charge in [-0.3, -0.25) is 9.59 Å². The molecule has 0 aliphatic carbocycles. The van der Waals surface area contributed by atoms with Crippen molar-refractivity contribution in [1.29, 1.82) is 0 Å². The van der Waals surface area contributed by atoms with Crippen LogP contribution >= 0.6 is 0 Å². The van der Waals surface area contributed by atoms with Gasteiger partial charge in [-0.1, -0.05) is 0 Å². The van der Waals surface area contributed by atoms with Crippen LogP contribution in [0.15, 0.2) is 85.2 Å². The first-order valence-electron chi connectivity index (χ1n) is 13.4. The van der Waals surface area contributed by atoms with Gasteiger partial charge in [-0.05, 0) is 49.4 Å². The number of fused-ring (bicyclic) bond motifs is 2. The number of phenolic OH excluding ortho intramolecular Hbond substituents is 3. The van der Waals surface area contributed by atoms with Crippen LogP contribution in [0.25, 0.3) is 55.7 Å². The molecule has 2 aromatic heterocycles. The molecule has 3 N–H and O–H groups in total. The van der Waals surface area contributed by atoms with Crippen molar-refractivity contribution < 1.29 is 38.4 Å². The smallest absolute Gasteiger partial charge is 0.197 e. The fourth-order valence-electron chi connectivity index (χ4n) is 5.27. The Bertz CT molecular complexity index is 2210. The lowest BCUT2D eigenvalue weighted by molar-refractivity contribution is 0.403. The van der Waals surface area contributed by atoms with Gasteiger partial charge < -0.3 is 38.4 Å². The van der Waals surface area contributed by atoms with Crippen LogP contribution in [0.2, 0.25) is 0 Å². The molecule has 0 atom stereocenters. The zero-order valence-corrected chi connectivity index (χ0v) is 24.1. The van der Waals surface area contributed by atoms with Crippen LogP contribution in [-0.2, 0) is 0 Å². The van der Waals surface area contributed by atoms with Crippen molar-refractivity contribution in [2.45, 2.75) is 6.92 Å². The summed E-state index contributed by atoms with van der Waals surface area (Å²) >= 11 is 0. The maximum atomic E-state index is 13.3. The Morgan fingerprint density at radius 2 is 1.25 bits per heavy atom. The topological polar surface area (TPSA) is 149 Å². The lowest BCUT2D eigenvalue weighted by Crippen LogP contribution is -2.04. The molecule has 44 heavy (non-hydrogen) atoms. The van der Waals surface area contributed by atoms with Crippen molar-refractivity contribution in [2.75, 3.05) is 21.3 Å². The van der Waals surface area contributed by atoms with Crippen molar-refractivity contribution in [2.24, 2.45) is 0 Å². The minimum Gasteiger partial charge on any atom is -0.508 e. The molecule has 2 heterocycles. The molecule has 0 spiro atoms. The van der Waals surface area contributed by atoms with E-state index in [9.17, 15) is 24.9 Å². The monoisotopic (exact) mass is 594 g/mol. The Morgan fingerprint density at radius 3 is 1.91 bits per heavy atom. The Hall–Kier alpha value is -5.90. The highest BCUT2D eigenvalue weighted by Crippen LogP contribution is 2.46. The second-order valence-corrected chi connectivity index (χ2v) is 10.0. The SMILES string of the molecule is COc1ccc(-c2cc(=O)c3c(O)c(C)c(OC)cc3o2)cc1-c1c(OC)cc(O)c2c(=O)cc(-c3ccc(O)cc3)oc12. The van der Waals surface area contributed by atoms with Gasteiger partial charge in [-0.15, -0.1) is 0 Å². The van der Waals surface area contributed by atoms with Gasteiger partial charge in [-0.25, -0.2) is 0 Å². The summed E-state index contributed by atoms with van der Waals surface area (Å²) in [6.45, 7) is 1.64. The molecule has 222 valence electrons. The van der Waals surface area contributed by atoms with Gasteiger partial charge in [-0.2, -0.15) is 0 Å². The first-order valence-corrected chi connectivity index (χ1v) is 13.4. The Kier molecular flexibility index (Phi) is 6.89. The lowest BCUT2D eigenvalue weighted by Gasteiger charge is -2.17. The van der Waals surface area contributed by atoms with E-state index in [0.29, 0.717) is 39.3 Å². The first kappa shape index (κ1) is 28.2. The highest BCUT2D eigenvalue weighted by Gasteiger charge is 2.24. The number of phenols is 3. The standard InChI is InChI=1S/C34H26O10/c1-16-25(41-3)15-29-32(33(16)39)23(38)13-27(43-29)18-7-10-24(40-2)20(11-18)30-28(42-4)14-22(37)31-21(36)12-26(44-34(30)31)17-5-8-19(35)9-6-17/h5-15,35,37,39H,1-4H3. The minimum atomic E-state index is -0.504. The maximum absolute atomic E-state index is 13.3. The third kappa shape index (κ3) is 4.53. The molecule has 0 bridgehead atoms. The Morgan fingerprint density at radius 1 is 0.636 bits per heavy atom. The van der Waals surface area contributed by atoms with Crippen LogP contribution in [-0.4, -0.2) is 36.6 Å². The molecule has 0 unspecified atom stereocenters. The van der Waals surface area contributed by atoms with Gasteiger partial charge in [0.25, 0.3) is 0 Å². The van der Waals surface area contributed by atoms with Crippen molar-refractivity contribution in [3.63, 3.8) is 0 Å². The lowest BCUT2D eigenvalue weighted by atomic mass is 9.96. The van der Waals surface area contributed by atoms with Gasteiger partial charge in [0.2, 0.25) is 0 Å². The average Bonchev–Trinajstić information content (AvgIpc) is 3.02. The average molecular weight is 595 g/mol. The van der Waals surface area contributed by atoms with Crippen molar-refractivity contribution >= 4 is 21.9 Å². The number of methoxy groups -OCH3 is 3. The summed E-state index contributed by atoms with van der Waals surface area (Å²) < 4.78 is 29.0. The third-order valence-corrected chi connectivity index (χ3v) is 7.49. The van der Waals surface area contributed by atoms with Crippen molar-refractivity contribution in [3.8, 4) is 68.3 Å². The van der Waals surface area contributed by atoms with Crippen LogP contribution < -0.4 is 25.1 Å². The van der Waals surface area contributed by atoms with Gasteiger partial charge in [0, 0.05) is 46.5 Å². The summed E-state index contributed by atoms with van der Waals surface area (Å²) in [6.07, 6.45) is 0. The molecule has 0 aliphatic rings. The molecule has 0 amide bonds. The molecule has 0 saturated carbocycles. The molecule has 0 saturated heterocycles. The van der Waals surface area contributed by atoms with E-state index >= 15 is 0 Å². The molecule has 10 heteroatoms. The van der Waals surface area contributed by atoms with Crippen LogP contribution in [0.3, 0.4) is 0 Å². The minimum absolute atomic E-state index is 0.0236. The highest BCUT2D eigenvalue weighted by atomic mass is 16.5. The summed E-state index contributed by atoms with van der Waals surface area (Å²) in [7, 11) is 4.33. The quantitative estimate of drug-likeness (QED) is 0.199. The number of aromatic hydroxyl groups is 3. The third-order valence-electron chi connectivity index (χ3n) is 7.49. The molecule has 6 rings (SSSR count). The Balaban J connectivity index is 1.64. The summed E-state index contributed by atoms with van der Waals surface area (Å²) in [5.41, 5.74) is 1.28.